The van der Waals surface area contributed by atoms with E-state index in [1.807, 2.05) is 12.1 Å². The molecule has 114 valence electrons. The van der Waals surface area contributed by atoms with E-state index in [1.54, 1.807) is 4.90 Å². The van der Waals surface area contributed by atoms with Gasteiger partial charge in [0.15, 0.2) is 0 Å². The van der Waals surface area contributed by atoms with Gasteiger partial charge in [-0.15, -0.1) is 11.3 Å². The summed E-state index contributed by atoms with van der Waals surface area (Å²) in [5.41, 5.74) is -0.821. The molecule has 2 aliphatic heterocycles. The van der Waals surface area contributed by atoms with Gasteiger partial charge in [-0.2, -0.15) is 0 Å². The molecule has 2 aliphatic rings. The fourth-order valence-corrected chi connectivity index (χ4v) is 4.21. The van der Waals surface area contributed by atoms with Gasteiger partial charge in [0.1, 0.15) is 0 Å². The van der Waals surface area contributed by atoms with Gasteiger partial charge in [-0.05, 0) is 25.0 Å². The lowest BCUT2D eigenvalue weighted by atomic mass is 9.74. The Morgan fingerprint density at radius 1 is 1.52 bits per heavy atom. The lowest BCUT2D eigenvalue weighted by molar-refractivity contribution is -0.157. The molecule has 5 nitrogen and oxygen atoms in total. The molecule has 1 aromatic heterocycles. The molecule has 1 N–H and O–H groups in total. The minimum absolute atomic E-state index is 0.0466. The van der Waals surface area contributed by atoms with Crippen molar-refractivity contribution in [3.05, 3.63) is 21.9 Å². The predicted octanol–water partition coefficient (Wildman–Crippen LogP) is 1.87. The highest BCUT2D eigenvalue weighted by Crippen LogP contribution is 2.43. The zero-order chi connectivity index (χ0) is 15.0. The summed E-state index contributed by atoms with van der Waals surface area (Å²) in [5.74, 6) is -0.945. The van der Waals surface area contributed by atoms with Crippen LogP contribution in [0.1, 0.15) is 27.9 Å². The Labute approximate surface area is 127 Å². The van der Waals surface area contributed by atoms with Gasteiger partial charge in [-0.25, -0.2) is 0 Å². The molecular weight excluding hydrogens is 290 g/mol. The molecule has 2 atom stereocenters. The number of aryl methyl sites for hydroxylation is 1. The average molecular weight is 309 g/mol. The molecule has 0 bridgehead atoms. The Kier molecular flexibility index (Phi) is 3.75. The molecule has 2 saturated heterocycles. The lowest BCUT2D eigenvalue weighted by Gasteiger charge is -2.33. The third-order valence-corrected chi connectivity index (χ3v) is 5.86. The third-order valence-electron chi connectivity index (χ3n) is 4.64. The van der Waals surface area contributed by atoms with E-state index in [0.717, 1.165) is 6.42 Å². The number of amides is 1. The van der Waals surface area contributed by atoms with Gasteiger partial charge in [0, 0.05) is 30.5 Å². The molecule has 0 unspecified atom stereocenters. The second-order valence-electron chi connectivity index (χ2n) is 5.79. The average Bonchev–Trinajstić information content (AvgIpc) is 3.11. The summed E-state index contributed by atoms with van der Waals surface area (Å²) < 4.78 is 5.42. The molecule has 0 spiro atoms. The third kappa shape index (κ3) is 2.36. The number of nitrogens with zero attached hydrogens (tertiary/aromatic N) is 1. The molecule has 0 aliphatic carbocycles. The van der Waals surface area contributed by atoms with E-state index in [4.69, 9.17) is 4.74 Å². The van der Waals surface area contributed by atoms with Crippen LogP contribution in [0.2, 0.25) is 0 Å². The number of carboxylic acid groups (broad SMARTS) is 1. The number of likely N-dealkylation sites (tertiary alicyclic amines) is 1. The maximum absolute atomic E-state index is 12.6. The zero-order valence-electron chi connectivity index (χ0n) is 12.0. The van der Waals surface area contributed by atoms with Crippen LogP contribution >= 0.6 is 11.3 Å². The van der Waals surface area contributed by atoms with Gasteiger partial charge in [-0.3, -0.25) is 9.59 Å². The maximum Gasteiger partial charge on any atom is 0.311 e. The number of hydrogen-bond acceptors (Lipinski definition) is 4. The Balaban J connectivity index is 1.81. The molecule has 3 heterocycles. The van der Waals surface area contributed by atoms with Gasteiger partial charge in [-0.1, -0.05) is 6.92 Å². The highest BCUT2D eigenvalue weighted by Gasteiger charge is 2.55. The molecule has 6 heteroatoms. The molecule has 2 fully saturated rings. The first kappa shape index (κ1) is 14.5. The van der Waals surface area contributed by atoms with Crippen molar-refractivity contribution in [3.63, 3.8) is 0 Å². The van der Waals surface area contributed by atoms with Crippen LogP contribution in [0.4, 0.5) is 0 Å². The number of carbonyl (C=O) groups excluding carboxylic acids is 1. The van der Waals surface area contributed by atoms with Crippen molar-refractivity contribution in [1.29, 1.82) is 0 Å². The van der Waals surface area contributed by atoms with Gasteiger partial charge in [0.2, 0.25) is 0 Å². The summed E-state index contributed by atoms with van der Waals surface area (Å²) in [6, 6.07) is 3.81. The van der Waals surface area contributed by atoms with Crippen molar-refractivity contribution in [2.45, 2.75) is 19.8 Å². The SMILES string of the molecule is CCc1ccc(C(=O)N2C[C@@H]3COCC[C@]3(C(=O)O)C2)s1. The summed E-state index contributed by atoms with van der Waals surface area (Å²) in [7, 11) is 0. The Bertz CT molecular complexity index is 570. The van der Waals surface area contributed by atoms with Gasteiger partial charge >= 0.3 is 5.97 Å². The van der Waals surface area contributed by atoms with Crippen LogP contribution in [-0.2, 0) is 16.0 Å². The zero-order valence-corrected chi connectivity index (χ0v) is 12.8. The number of hydrogen-bond donors (Lipinski definition) is 1. The second-order valence-corrected chi connectivity index (χ2v) is 6.96. The molecular formula is C15H19NO4S. The minimum atomic E-state index is -0.821. The van der Waals surface area contributed by atoms with E-state index in [1.165, 1.54) is 16.2 Å². The van der Waals surface area contributed by atoms with Crippen LogP contribution in [0, 0.1) is 11.3 Å². The van der Waals surface area contributed by atoms with E-state index >= 15 is 0 Å². The number of carboxylic acids is 1. The number of fused-ring (bicyclic) bond motifs is 1. The summed E-state index contributed by atoms with van der Waals surface area (Å²) >= 11 is 1.50. The molecule has 0 radical (unpaired) electrons. The fourth-order valence-electron chi connectivity index (χ4n) is 3.29. The van der Waals surface area contributed by atoms with Crippen molar-refractivity contribution in [1.82, 2.24) is 4.90 Å². The van der Waals surface area contributed by atoms with Crippen LogP contribution in [0.3, 0.4) is 0 Å². The van der Waals surface area contributed by atoms with Crippen LogP contribution in [0.25, 0.3) is 0 Å². The normalized spacial score (nSPS) is 28.4. The van der Waals surface area contributed by atoms with E-state index in [9.17, 15) is 14.7 Å². The Morgan fingerprint density at radius 3 is 2.95 bits per heavy atom. The monoisotopic (exact) mass is 309 g/mol. The first-order valence-electron chi connectivity index (χ1n) is 7.26. The van der Waals surface area contributed by atoms with E-state index < -0.39 is 11.4 Å². The highest BCUT2D eigenvalue weighted by molar-refractivity contribution is 7.14. The van der Waals surface area contributed by atoms with Gasteiger partial charge < -0.3 is 14.7 Å². The number of aliphatic carboxylic acids is 1. The van der Waals surface area contributed by atoms with Crippen LogP contribution in [-0.4, -0.2) is 48.2 Å². The van der Waals surface area contributed by atoms with Crippen molar-refractivity contribution < 1.29 is 19.4 Å². The van der Waals surface area contributed by atoms with E-state index in [0.29, 0.717) is 37.6 Å². The van der Waals surface area contributed by atoms with Crippen LogP contribution in [0.5, 0.6) is 0 Å². The standard InChI is InChI=1S/C15H19NO4S/c1-2-11-3-4-12(21-11)13(17)16-7-10-8-20-6-5-15(10,9-16)14(18)19/h3-4,10H,2,5-9H2,1H3,(H,18,19)/t10-,15+/m1/s1. The number of rotatable bonds is 3. The maximum atomic E-state index is 12.6. The Morgan fingerprint density at radius 2 is 2.33 bits per heavy atom. The van der Waals surface area contributed by atoms with Crippen molar-refractivity contribution in [3.8, 4) is 0 Å². The first-order valence-corrected chi connectivity index (χ1v) is 8.07. The van der Waals surface area contributed by atoms with Crippen molar-refractivity contribution in [2.75, 3.05) is 26.3 Å². The molecule has 1 aromatic rings. The van der Waals surface area contributed by atoms with Gasteiger partial charge in [0.05, 0.1) is 16.9 Å². The molecule has 21 heavy (non-hydrogen) atoms. The molecule has 0 saturated carbocycles. The summed E-state index contributed by atoms with van der Waals surface area (Å²) in [6.45, 7) is 3.73. The largest absolute Gasteiger partial charge is 0.481 e. The molecule has 0 aromatic carbocycles. The quantitative estimate of drug-likeness (QED) is 0.925. The van der Waals surface area contributed by atoms with E-state index in [2.05, 4.69) is 6.92 Å². The topological polar surface area (TPSA) is 66.8 Å². The number of thiophene rings is 1. The van der Waals surface area contributed by atoms with Crippen LogP contribution < -0.4 is 0 Å². The molecule has 3 rings (SSSR count). The summed E-state index contributed by atoms with van der Waals surface area (Å²) in [6.07, 6.45) is 1.40. The summed E-state index contributed by atoms with van der Waals surface area (Å²) in [5, 5.41) is 9.62. The second kappa shape index (κ2) is 5.42. The predicted molar refractivity (Wildman–Crippen MR) is 78.6 cm³/mol. The number of carbonyl (C=O) groups is 2. The van der Waals surface area contributed by atoms with Crippen molar-refractivity contribution >= 4 is 23.2 Å². The smallest absolute Gasteiger partial charge is 0.311 e. The number of ether oxygens (including phenoxy) is 1. The van der Waals surface area contributed by atoms with Gasteiger partial charge in [0.25, 0.3) is 5.91 Å². The highest BCUT2D eigenvalue weighted by atomic mass is 32.1. The first-order chi connectivity index (χ1) is 10.1. The van der Waals surface area contributed by atoms with Crippen molar-refractivity contribution in [2.24, 2.45) is 11.3 Å². The fraction of sp³-hybridized carbons (Fsp3) is 0.600. The van der Waals surface area contributed by atoms with Crippen LogP contribution in [0.15, 0.2) is 12.1 Å². The summed E-state index contributed by atoms with van der Waals surface area (Å²) in [4.78, 5) is 27.9. The molecule has 1 amide bonds. The minimum Gasteiger partial charge on any atom is -0.481 e. The lowest BCUT2D eigenvalue weighted by Crippen LogP contribution is -2.45. The Hall–Kier alpha value is -1.40. The van der Waals surface area contributed by atoms with E-state index in [-0.39, 0.29) is 11.8 Å².